The summed E-state index contributed by atoms with van der Waals surface area (Å²) in [5.41, 5.74) is 5.41. The average Bonchev–Trinajstić information content (AvgIpc) is 3.10. The van der Waals surface area contributed by atoms with Crippen LogP contribution in [0, 0.1) is 20.8 Å². The second-order valence-electron chi connectivity index (χ2n) is 7.65. The van der Waals surface area contributed by atoms with Gasteiger partial charge in [0.25, 0.3) is 5.91 Å². The Balaban J connectivity index is 1.68. The molecule has 4 aromatic rings. The molecule has 0 aliphatic heterocycles. The zero-order valence-corrected chi connectivity index (χ0v) is 19.3. The van der Waals surface area contributed by atoms with E-state index >= 15 is 0 Å². The van der Waals surface area contributed by atoms with Crippen molar-refractivity contribution in [2.24, 2.45) is 0 Å². The number of nitrogens with zero attached hydrogens (tertiary/aromatic N) is 3. The van der Waals surface area contributed by atoms with Gasteiger partial charge in [0.05, 0.1) is 28.9 Å². The molecule has 0 aliphatic carbocycles. The number of halogens is 1. The van der Waals surface area contributed by atoms with Crippen LogP contribution in [-0.4, -0.2) is 27.3 Å². The van der Waals surface area contributed by atoms with E-state index in [0.29, 0.717) is 29.4 Å². The minimum absolute atomic E-state index is 0.167. The summed E-state index contributed by atoms with van der Waals surface area (Å²) in [7, 11) is 0. The summed E-state index contributed by atoms with van der Waals surface area (Å²) in [5.74, 6) is 0.647. The van der Waals surface area contributed by atoms with Crippen molar-refractivity contribution in [2.75, 3.05) is 6.61 Å². The quantitative estimate of drug-likeness (QED) is 0.433. The number of pyridine rings is 1. The second-order valence-corrected chi connectivity index (χ2v) is 8.06. The highest BCUT2D eigenvalue weighted by molar-refractivity contribution is 6.31. The number of ether oxygens (including phenoxy) is 1. The topological polar surface area (TPSA) is 69.0 Å². The van der Waals surface area contributed by atoms with E-state index in [-0.39, 0.29) is 5.91 Å². The van der Waals surface area contributed by atoms with Crippen molar-refractivity contribution in [1.82, 2.24) is 20.1 Å². The van der Waals surface area contributed by atoms with Crippen LogP contribution in [0.25, 0.3) is 16.7 Å². The van der Waals surface area contributed by atoms with E-state index in [0.717, 1.165) is 39.3 Å². The molecule has 0 saturated carbocycles. The van der Waals surface area contributed by atoms with Gasteiger partial charge in [0.2, 0.25) is 0 Å². The van der Waals surface area contributed by atoms with Crippen LogP contribution in [0.3, 0.4) is 0 Å². The molecule has 4 rings (SSSR count). The standard InChI is InChI=1S/C25H25ClN4O2/c1-5-32-19-11-9-18(10-12-19)14-27-25(31)20-13-15(2)28-24-23(20)17(4)29-30(24)22-8-6-7-21(26)16(22)3/h6-13H,5,14H2,1-4H3,(H,27,31). The third-order valence-electron chi connectivity index (χ3n) is 5.34. The molecule has 0 spiro atoms. The van der Waals surface area contributed by atoms with Gasteiger partial charge < -0.3 is 10.1 Å². The minimum Gasteiger partial charge on any atom is -0.494 e. The summed E-state index contributed by atoms with van der Waals surface area (Å²) >= 11 is 6.33. The molecule has 0 fully saturated rings. The zero-order valence-electron chi connectivity index (χ0n) is 18.6. The van der Waals surface area contributed by atoms with Crippen LogP contribution in [0.4, 0.5) is 0 Å². The van der Waals surface area contributed by atoms with Gasteiger partial charge >= 0.3 is 0 Å². The lowest BCUT2D eigenvalue weighted by Gasteiger charge is -2.10. The highest BCUT2D eigenvalue weighted by atomic mass is 35.5. The summed E-state index contributed by atoms with van der Waals surface area (Å²) in [4.78, 5) is 17.8. The van der Waals surface area contributed by atoms with Gasteiger partial charge in [-0.05, 0) is 69.2 Å². The maximum atomic E-state index is 13.2. The summed E-state index contributed by atoms with van der Waals surface area (Å²) in [5, 5.41) is 9.10. The smallest absolute Gasteiger partial charge is 0.252 e. The predicted octanol–water partition coefficient (Wildman–Crippen LogP) is 5.33. The van der Waals surface area contributed by atoms with Gasteiger partial charge in [0.15, 0.2) is 5.65 Å². The number of aryl methyl sites for hydroxylation is 2. The Labute approximate surface area is 192 Å². The summed E-state index contributed by atoms with van der Waals surface area (Å²) in [6.07, 6.45) is 0. The Hall–Kier alpha value is -3.38. The van der Waals surface area contributed by atoms with Gasteiger partial charge in [0, 0.05) is 17.3 Å². The number of hydrogen-bond donors (Lipinski definition) is 1. The van der Waals surface area contributed by atoms with Crippen LogP contribution in [0.2, 0.25) is 5.02 Å². The fourth-order valence-corrected chi connectivity index (χ4v) is 3.90. The number of fused-ring (bicyclic) bond motifs is 1. The van der Waals surface area contributed by atoms with Crippen molar-refractivity contribution < 1.29 is 9.53 Å². The number of carbonyl (C=O) groups is 1. The molecule has 6 nitrogen and oxygen atoms in total. The number of aromatic nitrogens is 3. The van der Waals surface area contributed by atoms with Gasteiger partial charge in [-0.15, -0.1) is 0 Å². The molecular formula is C25H25ClN4O2. The van der Waals surface area contributed by atoms with Gasteiger partial charge in [-0.3, -0.25) is 4.79 Å². The summed E-state index contributed by atoms with van der Waals surface area (Å²) in [6.45, 7) is 8.69. The number of hydrogen-bond acceptors (Lipinski definition) is 4. The fraction of sp³-hybridized carbons (Fsp3) is 0.240. The van der Waals surface area contributed by atoms with Crippen LogP contribution >= 0.6 is 11.6 Å². The van der Waals surface area contributed by atoms with E-state index in [1.807, 2.05) is 70.2 Å². The molecule has 2 aromatic carbocycles. The lowest BCUT2D eigenvalue weighted by atomic mass is 10.1. The summed E-state index contributed by atoms with van der Waals surface area (Å²) in [6, 6.07) is 15.2. The highest BCUT2D eigenvalue weighted by Crippen LogP contribution is 2.28. The molecule has 164 valence electrons. The molecule has 0 atom stereocenters. The minimum atomic E-state index is -0.167. The number of rotatable bonds is 6. The van der Waals surface area contributed by atoms with E-state index in [4.69, 9.17) is 26.4 Å². The second kappa shape index (κ2) is 9.01. The first-order valence-electron chi connectivity index (χ1n) is 10.5. The molecule has 0 unspecified atom stereocenters. The van der Waals surface area contributed by atoms with Gasteiger partial charge in [-0.2, -0.15) is 5.10 Å². The number of nitrogens with one attached hydrogen (secondary N) is 1. The van der Waals surface area contributed by atoms with Crippen molar-refractivity contribution in [2.45, 2.75) is 34.2 Å². The summed E-state index contributed by atoms with van der Waals surface area (Å²) < 4.78 is 7.24. The van der Waals surface area contributed by atoms with Crippen LogP contribution < -0.4 is 10.1 Å². The molecular weight excluding hydrogens is 424 g/mol. The van der Waals surface area contributed by atoms with E-state index in [9.17, 15) is 4.79 Å². The molecule has 32 heavy (non-hydrogen) atoms. The normalized spacial score (nSPS) is 11.0. The Morgan fingerprint density at radius 2 is 1.88 bits per heavy atom. The van der Waals surface area contributed by atoms with Crippen molar-refractivity contribution in [3.8, 4) is 11.4 Å². The first kappa shape index (κ1) is 21.8. The number of benzene rings is 2. The molecule has 1 amide bonds. The SMILES string of the molecule is CCOc1ccc(CNC(=O)c2cc(C)nc3c2c(C)nn3-c2cccc(Cl)c2C)cc1. The van der Waals surface area contributed by atoms with Crippen molar-refractivity contribution in [1.29, 1.82) is 0 Å². The molecule has 2 heterocycles. The lowest BCUT2D eigenvalue weighted by Crippen LogP contribution is -2.23. The molecule has 0 bridgehead atoms. The lowest BCUT2D eigenvalue weighted by molar-refractivity contribution is 0.0952. The van der Waals surface area contributed by atoms with Crippen molar-refractivity contribution in [3.05, 3.63) is 81.6 Å². The molecule has 2 aromatic heterocycles. The number of carbonyl (C=O) groups excluding carboxylic acids is 1. The van der Waals surface area contributed by atoms with Gasteiger partial charge in [0.1, 0.15) is 5.75 Å². The number of amides is 1. The first-order valence-corrected chi connectivity index (χ1v) is 10.9. The van der Waals surface area contributed by atoms with E-state index in [1.165, 1.54) is 0 Å². The fourth-order valence-electron chi connectivity index (χ4n) is 3.73. The van der Waals surface area contributed by atoms with E-state index < -0.39 is 0 Å². The monoisotopic (exact) mass is 448 g/mol. The van der Waals surface area contributed by atoms with Crippen molar-refractivity contribution in [3.63, 3.8) is 0 Å². The molecule has 0 saturated heterocycles. The maximum absolute atomic E-state index is 13.2. The molecule has 0 radical (unpaired) electrons. The third-order valence-corrected chi connectivity index (χ3v) is 5.75. The molecule has 7 heteroatoms. The van der Waals surface area contributed by atoms with Crippen LogP contribution in [-0.2, 0) is 6.54 Å². The van der Waals surface area contributed by atoms with Crippen LogP contribution in [0.1, 0.15) is 39.8 Å². The van der Waals surface area contributed by atoms with Gasteiger partial charge in [-0.25, -0.2) is 9.67 Å². The van der Waals surface area contributed by atoms with E-state index in [2.05, 4.69) is 5.32 Å². The Bertz CT molecular complexity index is 1300. The van der Waals surface area contributed by atoms with Gasteiger partial charge in [-0.1, -0.05) is 29.8 Å². The van der Waals surface area contributed by atoms with Crippen LogP contribution in [0.15, 0.2) is 48.5 Å². The van der Waals surface area contributed by atoms with Crippen molar-refractivity contribution >= 4 is 28.5 Å². The Morgan fingerprint density at radius 1 is 1.12 bits per heavy atom. The molecule has 0 aliphatic rings. The zero-order chi connectivity index (χ0) is 22.8. The molecule has 1 N–H and O–H groups in total. The van der Waals surface area contributed by atoms with E-state index in [1.54, 1.807) is 10.7 Å². The maximum Gasteiger partial charge on any atom is 0.252 e. The van der Waals surface area contributed by atoms with Crippen LogP contribution in [0.5, 0.6) is 5.75 Å². The predicted molar refractivity (Wildman–Crippen MR) is 127 cm³/mol. The Kier molecular flexibility index (Phi) is 6.15. The first-order chi connectivity index (χ1) is 15.4. The average molecular weight is 449 g/mol. The largest absolute Gasteiger partial charge is 0.494 e. The Morgan fingerprint density at radius 3 is 2.59 bits per heavy atom. The highest BCUT2D eigenvalue weighted by Gasteiger charge is 2.20. The third kappa shape index (κ3) is 4.18.